The van der Waals surface area contributed by atoms with Crippen molar-refractivity contribution in [3.63, 3.8) is 0 Å². The van der Waals surface area contributed by atoms with Crippen LogP contribution in [0, 0.1) is 5.92 Å². The van der Waals surface area contributed by atoms with E-state index in [1.165, 1.54) is 4.40 Å². The Bertz CT molecular complexity index is 725. The highest BCUT2D eigenvalue weighted by Gasteiger charge is 2.27. The summed E-state index contributed by atoms with van der Waals surface area (Å²) in [6, 6.07) is 5.07. The normalized spacial score (nSPS) is 15.0. The third-order valence-electron chi connectivity index (χ3n) is 3.72. The maximum absolute atomic E-state index is 12.7. The first-order valence-electron chi connectivity index (χ1n) is 6.86. The third kappa shape index (κ3) is 3.02. The molecule has 0 bridgehead atoms. The molecular formula is C13H21N5O2S. The fraction of sp³-hybridized carbons (Fsp3) is 0.462. The van der Waals surface area contributed by atoms with Crippen LogP contribution in [0.2, 0.25) is 0 Å². The number of hydrazine groups is 1. The second-order valence-corrected chi connectivity index (χ2v) is 6.76. The highest BCUT2D eigenvalue weighted by molar-refractivity contribution is 7.89. The van der Waals surface area contributed by atoms with Gasteiger partial charge >= 0.3 is 0 Å². The summed E-state index contributed by atoms with van der Waals surface area (Å²) in [5, 5.41) is 0.0238. The van der Waals surface area contributed by atoms with E-state index in [0.29, 0.717) is 5.65 Å². The van der Waals surface area contributed by atoms with Gasteiger partial charge in [-0.25, -0.2) is 24.0 Å². The van der Waals surface area contributed by atoms with E-state index in [9.17, 15) is 8.42 Å². The number of anilines is 1. The van der Waals surface area contributed by atoms with E-state index in [-0.39, 0.29) is 22.8 Å². The molecule has 0 aliphatic heterocycles. The molecule has 0 fully saturated rings. The molecule has 0 radical (unpaired) electrons. The Labute approximate surface area is 124 Å². The van der Waals surface area contributed by atoms with E-state index in [0.717, 1.165) is 6.42 Å². The molecule has 2 rings (SSSR count). The maximum atomic E-state index is 12.7. The number of nitrogen functional groups attached to an aromatic ring is 1. The molecule has 4 N–H and O–H groups in total. The van der Waals surface area contributed by atoms with Gasteiger partial charge in [0.05, 0.1) is 0 Å². The molecule has 2 unspecified atom stereocenters. The number of aromatic nitrogens is 2. The number of nitrogens with two attached hydrogens (primary N) is 1. The monoisotopic (exact) mass is 311 g/mol. The lowest BCUT2D eigenvalue weighted by atomic mass is 10.0. The van der Waals surface area contributed by atoms with Crippen molar-refractivity contribution < 1.29 is 8.42 Å². The van der Waals surface area contributed by atoms with Crippen LogP contribution in [0.3, 0.4) is 0 Å². The van der Waals surface area contributed by atoms with Crippen molar-refractivity contribution in [2.24, 2.45) is 11.8 Å². The fourth-order valence-electron chi connectivity index (χ4n) is 2.09. The summed E-state index contributed by atoms with van der Waals surface area (Å²) >= 11 is 0. The summed E-state index contributed by atoms with van der Waals surface area (Å²) in [6.45, 7) is 5.88. The van der Waals surface area contributed by atoms with Crippen molar-refractivity contribution >= 4 is 21.5 Å². The fourth-order valence-corrected chi connectivity index (χ4v) is 3.70. The van der Waals surface area contributed by atoms with Crippen LogP contribution < -0.4 is 16.0 Å². The van der Waals surface area contributed by atoms with Crippen LogP contribution in [0.1, 0.15) is 27.2 Å². The average Bonchev–Trinajstić information content (AvgIpc) is 2.85. The molecule has 2 aromatic rings. The molecule has 116 valence electrons. The predicted molar refractivity (Wildman–Crippen MR) is 82.2 cm³/mol. The molecule has 7 nitrogen and oxygen atoms in total. The van der Waals surface area contributed by atoms with Gasteiger partial charge in [-0.3, -0.25) is 4.40 Å². The van der Waals surface area contributed by atoms with Crippen LogP contribution in [0.15, 0.2) is 29.4 Å². The first-order valence-corrected chi connectivity index (χ1v) is 8.35. The molecule has 8 heteroatoms. The minimum atomic E-state index is -3.73. The van der Waals surface area contributed by atoms with E-state index < -0.39 is 10.0 Å². The number of imidazole rings is 1. The molecule has 0 saturated carbocycles. The van der Waals surface area contributed by atoms with Gasteiger partial charge in [0.25, 0.3) is 10.0 Å². The maximum Gasteiger partial charge on any atom is 0.260 e. The minimum Gasteiger partial charge on any atom is -0.306 e. The van der Waals surface area contributed by atoms with E-state index in [1.807, 2.05) is 20.8 Å². The Morgan fingerprint density at radius 2 is 2.10 bits per heavy atom. The van der Waals surface area contributed by atoms with E-state index in [1.54, 1.807) is 24.4 Å². The summed E-state index contributed by atoms with van der Waals surface area (Å²) in [7, 11) is -3.73. The van der Waals surface area contributed by atoms with Crippen molar-refractivity contribution in [1.82, 2.24) is 14.1 Å². The lowest BCUT2D eigenvalue weighted by Gasteiger charge is -2.19. The number of nitrogens with one attached hydrogen (secondary N) is 2. The molecule has 2 aromatic heterocycles. The Balaban J connectivity index is 2.49. The second-order valence-electron chi connectivity index (χ2n) is 5.13. The number of sulfonamides is 1. The van der Waals surface area contributed by atoms with Gasteiger partial charge in [0, 0.05) is 12.2 Å². The first-order chi connectivity index (χ1) is 9.90. The Morgan fingerprint density at radius 3 is 2.71 bits per heavy atom. The van der Waals surface area contributed by atoms with Gasteiger partial charge in [-0.2, -0.15) is 0 Å². The van der Waals surface area contributed by atoms with Gasteiger partial charge in [0.2, 0.25) is 0 Å². The van der Waals surface area contributed by atoms with Crippen LogP contribution in [-0.4, -0.2) is 23.8 Å². The van der Waals surface area contributed by atoms with Gasteiger partial charge in [-0.15, -0.1) is 0 Å². The number of nitrogens with zero attached hydrogens (tertiary/aromatic N) is 2. The van der Waals surface area contributed by atoms with Crippen molar-refractivity contribution in [2.45, 2.75) is 38.3 Å². The largest absolute Gasteiger partial charge is 0.306 e. The summed E-state index contributed by atoms with van der Waals surface area (Å²) in [5.74, 6) is 5.77. The summed E-state index contributed by atoms with van der Waals surface area (Å²) in [5.41, 5.74) is 2.87. The zero-order valence-electron chi connectivity index (χ0n) is 12.4. The van der Waals surface area contributed by atoms with E-state index >= 15 is 0 Å². The Hall–Kier alpha value is -1.64. The number of fused-ring (bicyclic) bond motifs is 1. The van der Waals surface area contributed by atoms with E-state index in [2.05, 4.69) is 15.1 Å². The lowest BCUT2D eigenvalue weighted by Crippen LogP contribution is -2.37. The van der Waals surface area contributed by atoms with Crippen LogP contribution in [0.25, 0.3) is 5.65 Å². The summed E-state index contributed by atoms with van der Waals surface area (Å²) in [6.07, 6.45) is 2.53. The average molecular weight is 311 g/mol. The molecule has 2 heterocycles. The van der Waals surface area contributed by atoms with Gasteiger partial charge in [-0.1, -0.05) is 26.3 Å². The molecule has 0 aliphatic carbocycles. The molecule has 2 atom stereocenters. The van der Waals surface area contributed by atoms with Crippen molar-refractivity contribution in [3.05, 3.63) is 24.4 Å². The zero-order valence-corrected chi connectivity index (χ0v) is 13.2. The van der Waals surface area contributed by atoms with Crippen molar-refractivity contribution in [1.29, 1.82) is 0 Å². The Kier molecular flexibility index (Phi) is 4.50. The van der Waals surface area contributed by atoms with Crippen molar-refractivity contribution in [2.75, 3.05) is 5.43 Å². The molecular weight excluding hydrogens is 290 g/mol. The molecule has 0 aliphatic rings. The van der Waals surface area contributed by atoms with Gasteiger partial charge in [0.15, 0.2) is 10.8 Å². The molecule has 0 saturated heterocycles. The number of hydrogen-bond acceptors (Lipinski definition) is 5. The Morgan fingerprint density at radius 1 is 1.38 bits per heavy atom. The standard InChI is InChI=1S/C13H21N5O2S/c1-4-9(2)10(3)17-21(19,20)13-12(16-14)15-11-7-5-6-8-18(11)13/h5-10,16-17H,4,14H2,1-3H3. The van der Waals surface area contributed by atoms with Crippen LogP contribution in [0.5, 0.6) is 0 Å². The van der Waals surface area contributed by atoms with Crippen LogP contribution in [0.4, 0.5) is 5.82 Å². The first kappa shape index (κ1) is 15.7. The third-order valence-corrected chi connectivity index (χ3v) is 5.30. The SMILES string of the molecule is CCC(C)C(C)NS(=O)(=O)c1c(NN)nc2ccccn12. The smallest absolute Gasteiger partial charge is 0.260 e. The topological polar surface area (TPSA) is 102 Å². The van der Waals surface area contributed by atoms with Crippen LogP contribution in [-0.2, 0) is 10.0 Å². The number of rotatable bonds is 6. The molecule has 0 aromatic carbocycles. The second kappa shape index (κ2) is 6.00. The number of hydrogen-bond donors (Lipinski definition) is 3. The minimum absolute atomic E-state index is 0.0238. The van der Waals surface area contributed by atoms with Gasteiger partial charge < -0.3 is 5.43 Å². The lowest BCUT2D eigenvalue weighted by molar-refractivity contribution is 0.433. The molecule has 0 amide bonds. The number of pyridine rings is 1. The van der Waals surface area contributed by atoms with Crippen LogP contribution >= 0.6 is 0 Å². The molecule has 21 heavy (non-hydrogen) atoms. The van der Waals surface area contributed by atoms with E-state index in [4.69, 9.17) is 5.84 Å². The van der Waals surface area contributed by atoms with Gasteiger partial charge in [-0.05, 0) is 25.0 Å². The van der Waals surface area contributed by atoms with Crippen molar-refractivity contribution in [3.8, 4) is 0 Å². The highest BCUT2D eigenvalue weighted by Crippen LogP contribution is 2.22. The zero-order chi connectivity index (χ0) is 15.6. The summed E-state index contributed by atoms with van der Waals surface area (Å²) < 4.78 is 29.5. The summed E-state index contributed by atoms with van der Waals surface area (Å²) in [4.78, 5) is 4.18. The van der Waals surface area contributed by atoms with Gasteiger partial charge in [0.1, 0.15) is 5.65 Å². The predicted octanol–water partition coefficient (Wildman–Crippen LogP) is 1.33. The highest BCUT2D eigenvalue weighted by atomic mass is 32.2. The molecule has 0 spiro atoms. The quantitative estimate of drug-likeness (QED) is 0.552.